The third-order valence-electron chi connectivity index (χ3n) is 7.53. The Morgan fingerprint density at radius 3 is 2.16 bits per heavy atom. The lowest BCUT2D eigenvalue weighted by Crippen LogP contribution is -2.54. The highest BCUT2D eigenvalue weighted by Gasteiger charge is 2.36. The number of amides is 2. The van der Waals surface area contributed by atoms with Gasteiger partial charge in [-0.15, -0.1) is 0 Å². The molecule has 1 atom stereocenters. The molecule has 14 heteroatoms. The maximum Gasteiger partial charge on any atom is 0.416 e. The van der Waals surface area contributed by atoms with Gasteiger partial charge in [0.2, 0.25) is 21.8 Å². The number of alkyl halides is 3. The molecule has 0 bridgehead atoms. The fraction of sp³-hybridized carbons (Fsp3) is 0.355. The van der Waals surface area contributed by atoms with Crippen LogP contribution >= 0.6 is 34.8 Å². The molecule has 0 aliphatic heterocycles. The van der Waals surface area contributed by atoms with Crippen molar-refractivity contribution in [3.05, 3.63) is 98.5 Å². The lowest BCUT2D eigenvalue weighted by molar-refractivity contribution is -0.140. The second kappa shape index (κ2) is 14.6. The van der Waals surface area contributed by atoms with Gasteiger partial charge >= 0.3 is 6.18 Å². The van der Waals surface area contributed by atoms with Crippen molar-refractivity contribution in [1.82, 2.24) is 10.2 Å². The minimum atomic E-state index is -4.80. The summed E-state index contributed by atoms with van der Waals surface area (Å²) in [6, 6.07) is 14.6. The Bertz CT molecular complexity index is 1640. The highest BCUT2D eigenvalue weighted by Crippen LogP contribution is 2.36. The summed E-state index contributed by atoms with van der Waals surface area (Å²) in [4.78, 5) is 29.3. The number of carbonyl (C=O) groups is 2. The molecule has 0 aromatic heterocycles. The molecule has 0 spiro atoms. The first-order valence-corrected chi connectivity index (χ1v) is 17.0. The van der Waals surface area contributed by atoms with Gasteiger partial charge in [0, 0.05) is 19.0 Å². The quantitative estimate of drug-likeness (QED) is 0.230. The number of halogens is 6. The van der Waals surface area contributed by atoms with Crippen molar-refractivity contribution in [3.8, 4) is 0 Å². The van der Waals surface area contributed by atoms with E-state index < -0.39 is 51.9 Å². The standard InChI is InChI=1S/C31H31Cl3F3N3O4S/c1-45(43,44)40(27-17-22(31(35,36)37)12-14-25(27)33)19-29(41)39(18-21-11-13-24(32)26(34)15-21)28(16-20-7-3-2-4-8-20)30(42)38-23-9-5-6-10-23/h2-4,7-8,11-15,17,23,28H,5-6,9-10,16,18-19H2,1H3,(H,38,42). The summed E-state index contributed by atoms with van der Waals surface area (Å²) in [6.07, 6.45) is -0.515. The molecule has 7 nitrogen and oxygen atoms in total. The minimum Gasteiger partial charge on any atom is -0.352 e. The predicted octanol–water partition coefficient (Wildman–Crippen LogP) is 7.13. The third-order valence-corrected chi connectivity index (χ3v) is 9.72. The number of carbonyl (C=O) groups excluding carboxylic acids is 2. The average molecular weight is 705 g/mol. The van der Waals surface area contributed by atoms with E-state index >= 15 is 0 Å². The summed E-state index contributed by atoms with van der Waals surface area (Å²) < 4.78 is 67.2. The van der Waals surface area contributed by atoms with E-state index in [1.54, 1.807) is 36.4 Å². The molecule has 1 aliphatic rings. The first-order valence-electron chi connectivity index (χ1n) is 14.1. The van der Waals surface area contributed by atoms with Gasteiger partial charge in [-0.25, -0.2) is 8.42 Å². The molecule has 4 rings (SSSR count). The van der Waals surface area contributed by atoms with Crippen molar-refractivity contribution in [1.29, 1.82) is 0 Å². The van der Waals surface area contributed by atoms with Crippen molar-refractivity contribution >= 4 is 62.3 Å². The largest absolute Gasteiger partial charge is 0.416 e. The second-order valence-corrected chi connectivity index (χ2v) is 14.0. The van der Waals surface area contributed by atoms with Gasteiger partial charge < -0.3 is 10.2 Å². The Balaban J connectivity index is 1.78. The first kappa shape index (κ1) is 34.9. The average Bonchev–Trinajstić information content (AvgIpc) is 3.48. The first-order chi connectivity index (χ1) is 21.1. The Morgan fingerprint density at radius 1 is 0.911 bits per heavy atom. The molecule has 0 heterocycles. The van der Waals surface area contributed by atoms with Crippen LogP contribution in [0.1, 0.15) is 42.4 Å². The van der Waals surface area contributed by atoms with Crippen LogP contribution < -0.4 is 9.62 Å². The number of nitrogens with one attached hydrogen (secondary N) is 1. The lowest BCUT2D eigenvalue weighted by atomic mass is 10.0. The van der Waals surface area contributed by atoms with Crippen molar-refractivity contribution in [2.75, 3.05) is 17.1 Å². The van der Waals surface area contributed by atoms with Gasteiger partial charge in [0.05, 0.1) is 32.6 Å². The number of nitrogens with zero attached hydrogens (tertiary/aromatic N) is 2. The molecule has 1 fully saturated rings. The topological polar surface area (TPSA) is 86.8 Å². The number of hydrogen-bond donors (Lipinski definition) is 1. The Hall–Kier alpha value is -2.99. The van der Waals surface area contributed by atoms with Crippen LogP contribution in [0.15, 0.2) is 66.7 Å². The van der Waals surface area contributed by atoms with Crippen molar-refractivity contribution in [2.45, 2.75) is 56.9 Å². The molecule has 1 N–H and O–H groups in total. The third kappa shape index (κ3) is 9.28. The van der Waals surface area contributed by atoms with E-state index in [0.717, 1.165) is 43.6 Å². The van der Waals surface area contributed by atoms with Crippen molar-refractivity contribution < 1.29 is 31.2 Å². The lowest BCUT2D eigenvalue weighted by Gasteiger charge is -2.34. The Morgan fingerprint density at radius 2 is 1.56 bits per heavy atom. The van der Waals surface area contributed by atoms with E-state index in [2.05, 4.69) is 5.32 Å². The van der Waals surface area contributed by atoms with Gasteiger partial charge in [0.15, 0.2) is 0 Å². The monoisotopic (exact) mass is 703 g/mol. The van der Waals surface area contributed by atoms with E-state index in [1.807, 2.05) is 0 Å². The normalized spacial score (nSPS) is 14.6. The van der Waals surface area contributed by atoms with Gasteiger partial charge in [0.1, 0.15) is 12.6 Å². The van der Waals surface area contributed by atoms with E-state index in [0.29, 0.717) is 22.0 Å². The van der Waals surface area contributed by atoms with Crippen LogP contribution in [0.25, 0.3) is 0 Å². The summed E-state index contributed by atoms with van der Waals surface area (Å²) >= 11 is 18.5. The summed E-state index contributed by atoms with van der Waals surface area (Å²) in [5, 5.41) is 3.19. The molecule has 2 amide bonds. The summed E-state index contributed by atoms with van der Waals surface area (Å²) in [5.41, 5.74) is -0.440. The Labute approximate surface area is 275 Å². The molecule has 242 valence electrons. The zero-order valence-corrected chi connectivity index (χ0v) is 27.2. The smallest absolute Gasteiger partial charge is 0.352 e. The number of anilines is 1. The molecule has 1 saturated carbocycles. The zero-order chi connectivity index (χ0) is 32.9. The fourth-order valence-corrected chi connectivity index (χ4v) is 6.67. The molecule has 1 aliphatic carbocycles. The van der Waals surface area contributed by atoms with Crippen LogP contribution in [0, 0.1) is 0 Å². The van der Waals surface area contributed by atoms with Gasteiger partial charge in [-0.1, -0.05) is 84.0 Å². The highest BCUT2D eigenvalue weighted by molar-refractivity contribution is 7.92. The molecular weight excluding hydrogens is 674 g/mol. The number of sulfonamides is 1. The van der Waals surface area contributed by atoms with Crippen LogP contribution in [0.2, 0.25) is 15.1 Å². The van der Waals surface area contributed by atoms with Gasteiger partial charge in [0.25, 0.3) is 0 Å². The second-order valence-electron chi connectivity index (χ2n) is 10.9. The van der Waals surface area contributed by atoms with E-state index in [4.69, 9.17) is 34.8 Å². The van der Waals surface area contributed by atoms with Crippen LogP contribution in [0.3, 0.4) is 0 Å². The van der Waals surface area contributed by atoms with Crippen LogP contribution in [-0.4, -0.2) is 50.0 Å². The SMILES string of the molecule is CS(=O)(=O)N(CC(=O)N(Cc1ccc(Cl)c(Cl)c1)C(Cc1ccccc1)C(=O)NC1CCCC1)c1cc(C(F)(F)F)ccc1Cl. The summed E-state index contributed by atoms with van der Waals surface area (Å²) in [6.45, 7) is -1.11. The van der Waals surface area contributed by atoms with Crippen molar-refractivity contribution in [2.24, 2.45) is 0 Å². The minimum absolute atomic E-state index is 0.0790. The zero-order valence-electron chi connectivity index (χ0n) is 24.2. The molecule has 3 aromatic rings. The van der Waals surface area contributed by atoms with E-state index in [-0.39, 0.29) is 34.1 Å². The van der Waals surface area contributed by atoms with E-state index in [9.17, 15) is 31.2 Å². The van der Waals surface area contributed by atoms with Crippen LogP contribution in [0.5, 0.6) is 0 Å². The van der Waals surface area contributed by atoms with Crippen LogP contribution in [-0.2, 0) is 38.8 Å². The molecule has 45 heavy (non-hydrogen) atoms. The highest BCUT2D eigenvalue weighted by atomic mass is 35.5. The maximum atomic E-state index is 14.2. The van der Waals surface area contributed by atoms with Crippen molar-refractivity contribution in [3.63, 3.8) is 0 Å². The Kier molecular flexibility index (Phi) is 11.3. The molecule has 0 saturated heterocycles. The van der Waals surface area contributed by atoms with Gasteiger partial charge in [-0.05, 0) is 54.3 Å². The van der Waals surface area contributed by atoms with Gasteiger partial charge in [-0.3, -0.25) is 13.9 Å². The predicted molar refractivity (Wildman–Crippen MR) is 170 cm³/mol. The molecule has 1 unspecified atom stereocenters. The summed E-state index contributed by atoms with van der Waals surface area (Å²) in [5.74, 6) is -1.29. The maximum absolute atomic E-state index is 14.2. The van der Waals surface area contributed by atoms with E-state index in [1.165, 1.54) is 17.0 Å². The van der Waals surface area contributed by atoms with Gasteiger partial charge in [-0.2, -0.15) is 13.2 Å². The summed E-state index contributed by atoms with van der Waals surface area (Å²) in [7, 11) is -4.35. The number of benzene rings is 3. The molecule has 3 aromatic carbocycles. The fourth-order valence-electron chi connectivity index (χ4n) is 5.23. The van der Waals surface area contributed by atoms with Crippen LogP contribution in [0.4, 0.5) is 18.9 Å². The molecule has 0 radical (unpaired) electrons. The number of hydrogen-bond acceptors (Lipinski definition) is 4. The molecular formula is C31H31Cl3F3N3O4S. The number of rotatable bonds is 11.